The van der Waals surface area contributed by atoms with Gasteiger partial charge in [0.2, 0.25) is 0 Å². The molecule has 0 amide bonds. The van der Waals surface area contributed by atoms with Crippen molar-refractivity contribution >= 4 is 22.8 Å². The zero-order valence-electron chi connectivity index (χ0n) is 13.1. The van der Waals surface area contributed by atoms with Gasteiger partial charge >= 0.3 is 5.97 Å². The summed E-state index contributed by atoms with van der Waals surface area (Å²) in [6, 6.07) is 11.9. The molecule has 0 bridgehead atoms. The Morgan fingerprint density at radius 1 is 1.18 bits per heavy atom. The van der Waals surface area contributed by atoms with Crippen LogP contribution in [-0.2, 0) is 4.74 Å². The summed E-state index contributed by atoms with van der Waals surface area (Å²) < 4.78 is 5.87. The van der Waals surface area contributed by atoms with Crippen LogP contribution in [0.1, 0.15) is 54.9 Å². The number of ether oxygens (including phenoxy) is 1. The Labute approximate surface area is 131 Å². The summed E-state index contributed by atoms with van der Waals surface area (Å²) in [5.41, 5.74) is 1.48. The average Bonchev–Trinajstić information content (AvgIpc) is 3.02. The summed E-state index contributed by atoms with van der Waals surface area (Å²) in [7, 11) is 0. The number of fused-ring (bicyclic) bond motifs is 1. The van der Waals surface area contributed by atoms with Gasteiger partial charge in [-0.25, -0.2) is 4.79 Å². The predicted octanol–water partition coefficient (Wildman–Crippen LogP) is 5.36. The molecule has 0 saturated heterocycles. The van der Waals surface area contributed by atoms with Crippen molar-refractivity contribution in [3.05, 3.63) is 54.1 Å². The molecule has 114 valence electrons. The van der Waals surface area contributed by atoms with Crippen molar-refractivity contribution in [1.82, 2.24) is 0 Å². The average molecular weight is 294 g/mol. The molecule has 1 saturated carbocycles. The first kappa shape index (κ1) is 14.8. The molecule has 0 spiro atoms. The van der Waals surface area contributed by atoms with Gasteiger partial charge in [-0.3, -0.25) is 0 Å². The topological polar surface area (TPSA) is 26.3 Å². The molecule has 0 N–H and O–H groups in total. The lowest BCUT2D eigenvalue weighted by molar-refractivity contribution is -0.0172. The number of carbonyl (C=O) groups is 1. The summed E-state index contributed by atoms with van der Waals surface area (Å²) in [5, 5.41) is 2.16. The van der Waals surface area contributed by atoms with Crippen molar-refractivity contribution in [2.24, 2.45) is 0 Å². The van der Waals surface area contributed by atoms with Gasteiger partial charge < -0.3 is 4.74 Å². The fourth-order valence-corrected chi connectivity index (χ4v) is 3.32. The first-order valence-electron chi connectivity index (χ1n) is 8.05. The lowest BCUT2D eigenvalue weighted by atomic mass is 9.98. The van der Waals surface area contributed by atoms with E-state index in [9.17, 15) is 4.79 Å². The molecule has 22 heavy (non-hydrogen) atoms. The largest absolute Gasteiger partial charge is 0.455 e. The molecule has 1 aliphatic rings. The molecule has 2 nitrogen and oxygen atoms in total. The van der Waals surface area contributed by atoms with Gasteiger partial charge in [-0.05, 0) is 66.6 Å². The van der Waals surface area contributed by atoms with Crippen molar-refractivity contribution in [3.8, 4) is 0 Å². The Bertz CT molecular complexity index is 709. The molecule has 0 radical (unpaired) electrons. The lowest BCUT2D eigenvalue weighted by Gasteiger charge is -2.27. The Balaban J connectivity index is 1.86. The quantitative estimate of drug-likeness (QED) is 0.709. The molecule has 0 aliphatic heterocycles. The van der Waals surface area contributed by atoms with E-state index in [-0.39, 0.29) is 11.6 Å². The van der Waals surface area contributed by atoms with Crippen molar-refractivity contribution in [1.29, 1.82) is 0 Å². The van der Waals surface area contributed by atoms with Crippen LogP contribution in [0.25, 0.3) is 16.8 Å². The number of rotatable bonds is 4. The fourth-order valence-electron chi connectivity index (χ4n) is 3.32. The minimum absolute atomic E-state index is 0.196. The highest BCUT2D eigenvalue weighted by Gasteiger charge is 2.36. The van der Waals surface area contributed by atoms with Crippen LogP contribution in [0.3, 0.4) is 0 Å². The molecule has 3 rings (SSSR count). The lowest BCUT2D eigenvalue weighted by Crippen LogP contribution is -2.31. The van der Waals surface area contributed by atoms with E-state index in [0.717, 1.165) is 48.4 Å². The number of hydrogen-bond acceptors (Lipinski definition) is 2. The van der Waals surface area contributed by atoms with Crippen molar-refractivity contribution < 1.29 is 9.53 Å². The summed E-state index contributed by atoms with van der Waals surface area (Å²) in [6.45, 7) is 5.89. The van der Waals surface area contributed by atoms with E-state index in [0.29, 0.717) is 5.56 Å². The summed E-state index contributed by atoms with van der Waals surface area (Å²) >= 11 is 0. The van der Waals surface area contributed by atoms with Gasteiger partial charge in [-0.15, -0.1) is 0 Å². The van der Waals surface area contributed by atoms with Crippen LogP contribution in [0.4, 0.5) is 0 Å². The Kier molecular flexibility index (Phi) is 4.02. The van der Waals surface area contributed by atoms with Crippen LogP contribution in [0.15, 0.2) is 43.0 Å². The van der Waals surface area contributed by atoms with Gasteiger partial charge in [0.25, 0.3) is 0 Å². The summed E-state index contributed by atoms with van der Waals surface area (Å²) in [6.07, 6.45) is 7.02. The van der Waals surface area contributed by atoms with Crippen LogP contribution in [0, 0.1) is 0 Å². The van der Waals surface area contributed by atoms with E-state index in [1.54, 1.807) is 0 Å². The van der Waals surface area contributed by atoms with Gasteiger partial charge in [0.05, 0.1) is 5.56 Å². The number of hydrogen-bond donors (Lipinski definition) is 0. The van der Waals surface area contributed by atoms with Crippen LogP contribution < -0.4 is 0 Å². The maximum atomic E-state index is 12.5. The Morgan fingerprint density at radius 2 is 1.86 bits per heavy atom. The highest BCUT2D eigenvalue weighted by atomic mass is 16.6. The number of carbonyl (C=O) groups excluding carboxylic acids is 1. The second-order valence-electron chi connectivity index (χ2n) is 6.16. The number of benzene rings is 2. The van der Waals surface area contributed by atoms with Gasteiger partial charge in [0, 0.05) is 0 Å². The standard InChI is InChI=1S/C20H22O2/c1-3-15-7-8-17-14-18(10-9-16(17)13-15)19(21)22-20(4-2)11-5-6-12-20/h3,7-10,13-14H,1,4-6,11-12H2,2H3. The van der Waals surface area contributed by atoms with E-state index in [1.807, 2.05) is 36.4 Å². The molecule has 2 heteroatoms. The van der Waals surface area contributed by atoms with Crippen LogP contribution >= 0.6 is 0 Å². The minimum Gasteiger partial charge on any atom is -0.455 e. The maximum Gasteiger partial charge on any atom is 0.338 e. The van der Waals surface area contributed by atoms with Crippen LogP contribution in [0.2, 0.25) is 0 Å². The van der Waals surface area contributed by atoms with E-state index in [1.165, 1.54) is 0 Å². The van der Waals surface area contributed by atoms with Crippen molar-refractivity contribution in [2.75, 3.05) is 0 Å². The van der Waals surface area contributed by atoms with E-state index >= 15 is 0 Å². The maximum absolute atomic E-state index is 12.5. The first-order chi connectivity index (χ1) is 10.7. The van der Waals surface area contributed by atoms with E-state index in [4.69, 9.17) is 4.74 Å². The van der Waals surface area contributed by atoms with Gasteiger partial charge in [0.1, 0.15) is 5.60 Å². The fraction of sp³-hybridized carbons (Fsp3) is 0.350. The molecular formula is C20H22O2. The second-order valence-corrected chi connectivity index (χ2v) is 6.16. The highest BCUT2D eigenvalue weighted by molar-refractivity contribution is 5.96. The summed E-state index contributed by atoms with van der Waals surface area (Å²) in [5.74, 6) is -0.196. The van der Waals surface area contributed by atoms with E-state index in [2.05, 4.69) is 19.6 Å². The van der Waals surface area contributed by atoms with E-state index < -0.39 is 0 Å². The van der Waals surface area contributed by atoms with Gasteiger partial charge in [-0.2, -0.15) is 0 Å². The third-order valence-corrected chi connectivity index (χ3v) is 4.80. The Morgan fingerprint density at radius 3 is 2.55 bits per heavy atom. The molecular weight excluding hydrogens is 272 g/mol. The molecule has 2 aromatic carbocycles. The molecule has 0 aromatic heterocycles. The molecule has 0 atom stereocenters. The third-order valence-electron chi connectivity index (χ3n) is 4.80. The normalized spacial score (nSPS) is 16.6. The molecule has 1 aliphatic carbocycles. The van der Waals surface area contributed by atoms with Crippen molar-refractivity contribution in [2.45, 2.75) is 44.6 Å². The van der Waals surface area contributed by atoms with Crippen LogP contribution in [0.5, 0.6) is 0 Å². The zero-order chi connectivity index (χ0) is 15.6. The summed E-state index contributed by atoms with van der Waals surface area (Å²) in [4.78, 5) is 12.5. The second kappa shape index (κ2) is 5.96. The molecule has 0 unspecified atom stereocenters. The molecule has 2 aromatic rings. The minimum atomic E-state index is -0.237. The SMILES string of the molecule is C=Cc1ccc2cc(C(=O)OC3(CC)CCCC3)ccc2c1. The predicted molar refractivity (Wildman–Crippen MR) is 90.9 cm³/mol. The van der Waals surface area contributed by atoms with Gasteiger partial charge in [-0.1, -0.05) is 37.8 Å². The van der Waals surface area contributed by atoms with Crippen LogP contribution in [-0.4, -0.2) is 11.6 Å². The van der Waals surface area contributed by atoms with Crippen molar-refractivity contribution in [3.63, 3.8) is 0 Å². The zero-order valence-corrected chi connectivity index (χ0v) is 13.1. The first-order valence-corrected chi connectivity index (χ1v) is 8.05. The number of esters is 1. The Hall–Kier alpha value is -2.09. The third kappa shape index (κ3) is 2.78. The molecule has 0 heterocycles. The highest BCUT2D eigenvalue weighted by Crippen LogP contribution is 2.36. The smallest absolute Gasteiger partial charge is 0.338 e. The monoisotopic (exact) mass is 294 g/mol. The van der Waals surface area contributed by atoms with Gasteiger partial charge in [0.15, 0.2) is 0 Å². The molecule has 1 fully saturated rings.